The monoisotopic (exact) mass is 538 g/mol. The van der Waals surface area contributed by atoms with Crippen LogP contribution in [0.1, 0.15) is 23.6 Å². The minimum Gasteiger partial charge on any atom is -0.493 e. The number of nitrogens with one attached hydrogen (secondary N) is 2. The molecule has 170 valence electrons. The van der Waals surface area contributed by atoms with Gasteiger partial charge in [-0.15, -0.1) is 24.0 Å². The first-order chi connectivity index (χ1) is 14.6. The second kappa shape index (κ2) is 13.4. The summed E-state index contributed by atoms with van der Waals surface area (Å²) >= 11 is 0. The van der Waals surface area contributed by atoms with Crippen molar-refractivity contribution in [3.8, 4) is 11.5 Å². The molecule has 0 bridgehead atoms. The van der Waals surface area contributed by atoms with E-state index in [1.807, 2.05) is 26.2 Å². The zero-order chi connectivity index (χ0) is 21.2. The highest BCUT2D eigenvalue weighted by molar-refractivity contribution is 14.0. The van der Waals surface area contributed by atoms with Crippen LogP contribution in [0.2, 0.25) is 0 Å². The van der Waals surface area contributed by atoms with Crippen LogP contribution in [0.5, 0.6) is 11.5 Å². The van der Waals surface area contributed by atoms with E-state index in [-0.39, 0.29) is 24.0 Å². The Hall–Kier alpha value is -2.00. The number of guanidine groups is 1. The number of likely N-dealkylation sites (N-methyl/N-ethyl adjacent to an activating group) is 1. The zero-order valence-corrected chi connectivity index (χ0v) is 21.1. The van der Waals surface area contributed by atoms with Crippen molar-refractivity contribution in [1.29, 1.82) is 0 Å². The molecule has 1 heterocycles. The average Bonchev–Trinajstić information content (AvgIpc) is 3.20. The molecule has 0 aliphatic carbocycles. The third-order valence-electron chi connectivity index (χ3n) is 4.93. The van der Waals surface area contributed by atoms with Gasteiger partial charge in [-0.3, -0.25) is 0 Å². The third kappa shape index (κ3) is 8.57. The van der Waals surface area contributed by atoms with Crippen LogP contribution in [0, 0.1) is 0 Å². The Labute approximate surface area is 203 Å². The molecule has 6 nitrogen and oxygen atoms in total. The summed E-state index contributed by atoms with van der Waals surface area (Å²) < 4.78 is 11.4. The second-order valence-electron chi connectivity index (χ2n) is 7.71. The molecule has 2 aromatic carbocycles. The van der Waals surface area contributed by atoms with Crippen molar-refractivity contribution in [2.45, 2.75) is 26.3 Å². The number of benzene rings is 2. The fourth-order valence-electron chi connectivity index (χ4n) is 3.31. The lowest BCUT2D eigenvalue weighted by Crippen LogP contribution is -2.38. The SMILES string of the molecule is CCNC(=NCc1cccc(OCCN(C)C)c1)NCCc1ccc2c(c1)CCO2.I. The third-order valence-corrected chi connectivity index (χ3v) is 4.93. The normalized spacial score (nSPS) is 12.7. The summed E-state index contributed by atoms with van der Waals surface area (Å²) in [6.07, 6.45) is 1.96. The Kier molecular flexibility index (Phi) is 10.9. The molecular formula is C24H35IN4O2. The summed E-state index contributed by atoms with van der Waals surface area (Å²) in [7, 11) is 4.09. The van der Waals surface area contributed by atoms with E-state index >= 15 is 0 Å². The zero-order valence-electron chi connectivity index (χ0n) is 18.8. The van der Waals surface area contributed by atoms with E-state index in [0.717, 1.165) is 62.1 Å². The van der Waals surface area contributed by atoms with Gasteiger partial charge in [0, 0.05) is 26.1 Å². The van der Waals surface area contributed by atoms with E-state index in [9.17, 15) is 0 Å². The van der Waals surface area contributed by atoms with E-state index in [1.165, 1.54) is 11.1 Å². The number of ether oxygens (including phenoxy) is 2. The lowest BCUT2D eigenvalue weighted by Gasteiger charge is -2.13. The Bertz CT molecular complexity index is 842. The Morgan fingerprint density at radius 2 is 2.00 bits per heavy atom. The van der Waals surface area contributed by atoms with Crippen molar-refractivity contribution in [3.05, 3.63) is 59.2 Å². The van der Waals surface area contributed by atoms with Crippen LogP contribution in [0.3, 0.4) is 0 Å². The largest absolute Gasteiger partial charge is 0.493 e. The van der Waals surface area contributed by atoms with Crippen LogP contribution in [-0.2, 0) is 19.4 Å². The Balaban J connectivity index is 0.00000341. The molecular weight excluding hydrogens is 503 g/mol. The molecule has 0 spiro atoms. The first kappa shape index (κ1) is 25.3. The Morgan fingerprint density at radius 1 is 1.13 bits per heavy atom. The van der Waals surface area contributed by atoms with Gasteiger partial charge in [-0.1, -0.05) is 24.3 Å². The number of rotatable bonds is 10. The summed E-state index contributed by atoms with van der Waals surface area (Å²) in [5.41, 5.74) is 3.78. The average molecular weight is 538 g/mol. The minimum atomic E-state index is 0. The summed E-state index contributed by atoms with van der Waals surface area (Å²) in [6.45, 7) is 6.73. The number of hydrogen-bond donors (Lipinski definition) is 2. The molecule has 0 unspecified atom stereocenters. The molecule has 1 aliphatic heterocycles. The number of fused-ring (bicyclic) bond motifs is 1. The smallest absolute Gasteiger partial charge is 0.191 e. The topological polar surface area (TPSA) is 58.1 Å². The van der Waals surface area contributed by atoms with Gasteiger partial charge in [0.2, 0.25) is 0 Å². The van der Waals surface area contributed by atoms with Crippen molar-refractivity contribution in [1.82, 2.24) is 15.5 Å². The van der Waals surface area contributed by atoms with Crippen molar-refractivity contribution < 1.29 is 9.47 Å². The van der Waals surface area contributed by atoms with Gasteiger partial charge in [0.15, 0.2) is 5.96 Å². The standard InChI is InChI=1S/C24H34N4O2.HI/c1-4-25-24(26-12-10-19-8-9-23-21(16-19)11-14-30-23)27-18-20-6-5-7-22(17-20)29-15-13-28(2)3;/h5-9,16-17H,4,10-15,18H2,1-3H3,(H2,25,26,27);1H. The van der Waals surface area contributed by atoms with Crippen molar-refractivity contribution in [2.75, 3.05) is 46.9 Å². The van der Waals surface area contributed by atoms with E-state index in [1.54, 1.807) is 0 Å². The van der Waals surface area contributed by atoms with Gasteiger partial charge >= 0.3 is 0 Å². The first-order valence-corrected chi connectivity index (χ1v) is 10.8. The predicted molar refractivity (Wildman–Crippen MR) is 138 cm³/mol. The molecule has 0 radical (unpaired) electrons. The number of nitrogens with zero attached hydrogens (tertiary/aromatic N) is 2. The van der Waals surface area contributed by atoms with E-state index in [0.29, 0.717) is 13.2 Å². The first-order valence-electron chi connectivity index (χ1n) is 10.8. The molecule has 0 saturated heterocycles. The molecule has 7 heteroatoms. The second-order valence-corrected chi connectivity index (χ2v) is 7.71. The molecule has 0 fully saturated rings. The van der Waals surface area contributed by atoms with Crippen molar-refractivity contribution in [2.24, 2.45) is 4.99 Å². The predicted octanol–water partition coefficient (Wildman–Crippen LogP) is 3.48. The maximum atomic E-state index is 5.83. The van der Waals surface area contributed by atoms with E-state index in [2.05, 4.69) is 52.8 Å². The fraction of sp³-hybridized carbons (Fsp3) is 0.458. The lowest BCUT2D eigenvalue weighted by atomic mass is 10.1. The van der Waals surface area contributed by atoms with Gasteiger partial charge in [0.05, 0.1) is 13.2 Å². The minimum absolute atomic E-state index is 0. The van der Waals surface area contributed by atoms with Gasteiger partial charge in [-0.05, 0) is 62.3 Å². The number of halogens is 1. The summed E-state index contributed by atoms with van der Waals surface area (Å²) in [5, 5.41) is 6.76. The van der Waals surface area contributed by atoms with E-state index in [4.69, 9.17) is 14.5 Å². The molecule has 0 saturated carbocycles. The highest BCUT2D eigenvalue weighted by atomic mass is 127. The van der Waals surface area contributed by atoms with Crippen LogP contribution >= 0.6 is 24.0 Å². The van der Waals surface area contributed by atoms with Gasteiger partial charge < -0.3 is 25.0 Å². The van der Waals surface area contributed by atoms with Crippen LogP contribution in [0.4, 0.5) is 0 Å². The van der Waals surface area contributed by atoms with Gasteiger partial charge in [-0.25, -0.2) is 4.99 Å². The van der Waals surface area contributed by atoms with Gasteiger partial charge in [0.1, 0.15) is 18.1 Å². The summed E-state index contributed by atoms with van der Waals surface area (Å²) in [4.78, 5) is 6.84. The summed E-state index contributed by atoms with van der Waals surface area (Å²) in [5.74, 6) is 2.76. The van der Waals surface area contributed by atoms with Gasteiger partial charge in [-0.2, -0.15) is 0 Å². The van der Waals surface area contributed by atoms with Crippen LogP contribution < -0.4 is 20.1 Å². The lowest BCUT2D eigenvalue weighted by molar-refractivity contribution is 0.261. The van der Waals surface area contributed by atoms with Crippen molar-refractivity contribution >= 4 is 29.9 Å². The highest BCUT2D eigenvalue weighted by Gasteiger charge is 2.11. The van der Waals surface area contributed by atoms with Gasteiger partial charge in [0.25, 0.3) is 0 Å². The van der Waals surface area contributed by atoms with Crippen LogP contribution in [0.25, 0.3) is 0 Å². The molecule has 1 aliphatic rings. The highest BCUT2D eigenvalue weighted by Crippen LogP contribution is 2.25. The molecule has 2 N–H and O–H groups in total. The molecule has 0 aromatic heterocycles. The van der Waals surface area contributed by atoms with E-state index < -0.39 is 0 Å². The molecule has 0 atom stereocenters. The molecule has 3 rings (SSSR count). The molecule has 31 heavy (non-hydrogen) atoms. The summed E-state index contributed by atoms with van der Waals surface area (Å²) in [6, 6.07) is 14.7. The Morgan fingerprint density at radius 3 is 2.81 bits per heavy atom. The molecule has 2 aromatic rings. The molecule has 0 amide bonds. The number of aliphatic imine (C=N–C) groups is 1. The van der Waals surface area contributed by atoms with Crippen LogP contribution in [0.15, 0.2) is 47.5 Å². The fourth-order valence-corrected chi connectivity index (χ4v) is 3.31. The quantitative estimate of drug-likeness (QED) is 0.276. The number of hydrogen-bond acceptors (Lipinski definition) is 4. The van der Waals surface area contributed by atoms with Crippen LogP contribution in [-0.4, -0.2) is 57.8 Å². The maximum Gasteiger partial charge on any atom is 0.191 e. The van der Waals surface area contributed by atoms with Crippen molar-refractivity contribution in [3.63, 3.8) is 0 Å². The maximum absolute atomic E-state index is 5.83.